The first-order valence-corrected chi connectivity index (χ1v) is 9.55. The van der Waals surface area contributed by atoms with Crippen LogP contribution in [-0.4, -0.2) is 34.4 Å². The van der Waals surface area contributed by atoms with Crippen LogP contribution in [0.25, 0.3) is 0 Å². The summed E-state index contributed by atoms with van der Waals surface area (Å²) in [7, 11) is 0. The van der Waals surface area contributed by atoms with E-state index in [0.29, 0.717) is 6.42 Å². The first-order valence-electron chi connectivity index (χ1n) is 9.55. The van der Waals surface area contributed by atoms with Gasteiger partial charge in [-0.2, -0.15) is 0 Å². The molecule has 0 radical (unpaired) electrons. The molecule has 4 nitrogen and oxygen atoms in total. The van der Waals surface area contributed by atoms with Crippen molar-refractivity contribution < 1.29 is 4.79 Å². The number of amides is 1. The highest BCUT2D eigenvalue weighted by Crippen LogP contribution is 2.43. The van der Waals surface area contributed by atoms with Crippen LogP contribution < -0.4 is 5.32 Å². The van der Waals surface area contributed by atoms with E-state index in [-0.39, 0.29) is 17.4 Å². The number of carbonyl (C=O) groups is 1. The van der Waals surface area contributed by atoms with Crippen molar-refractivity contribution in [2.45, 2.75) is 51.1 Å². The Morgan fingerprint density at radius 1 is 1.12 bits per heavy atom. The fourth-order valence-corrected chi connectivity index (χ4v) is 4.57. The zero-order chi connectivity index (χ0) is 18.1. The van der Waals surface area contributed by atoms with Crippen molar-refractivity contribution in [2.75, 3.05) is 13.1 Å². The van der Waals surface area contributed by atoms with Gasteiger partial charge in [-0.1, -0.05) is 18.2 Å². The lowest BCUT2D eigenvalue weighted by Crippen LogP contribution is -2.53. The van der Waals surface area contributed by atoms with Crippen LogP contribution in [0.4, 0.5) is 0 Å². The second-order valence-corrected chi connectivity index (χ2v) is 7.94. The Balaban J connectivity index is 1.46. The monoisotopic (exact) mass is 349 g/mol. The van der Waals surface area contributed by atoms with Crippen molar-refractivity contribution in [3.63, 3.8) is 0 Å². The molecule has 1 N–H and O–H groups in total. The minimum atomic E-state index is -0.0852. The molecule has 136 valence electrons. The number of nitrogens with one attached hydrogen (secondary N) is 1. The Bertz CT molecular complexity index is 794. The van der Waals surface area contributed by atoms with E-state index in [1.807, 2.05) is 12.4 Å². The van der Waals surface area contributed by atoms with Crippen LogP contribution in [0.2, 0.25) is 0 Å². The van der Waals surface area contributed by atoms with Crippen molar-refractivity contribution in [1.82, 2.24) is 15.2 Å². The van der Waals surface area contributed by atoms with Crippen LogP contribution in [0.15, 0.2) is 42.7 Å². The predicted octanol–water partition coefficient (Wildman–Crippen LogP) is 3.34. The van der Waals surface area contributed by atoms with E-state index in [9.17, 15) is 4.79 Å². The predicted molar refractivity (Wildman–Crippen MR) is 103 cm³/mol. The van der Waals surface area contributed by atoms with E-state index < -0.39 is 0 Å². The summed E-state index contributed by atoms with van der Waals surface area (Å²) in [6, 6.07) is 10.9. The molecule has 0 unspecified atom stereocenters. The quantitative estimate of drug-likeness (QED) is 0.924. The molecule has 2 aliphatic heterocycles. The summed E-state index contributed by atoms with van der Waals surface area (Å²) in [5.74, 6) is 0.455. The number of hydrogen-bond donors (Lipinski definition) is 1. The number of aryl methyl sites for hydroxylation is 2. The largest absolute Gasteiger partial charge is 0.350 e. The van der Waals surface area contributed by atoms with Crippen LogP contribution >= 0.6 is 0 Å². The lowest BCUT2D eigenvalue weighted by molar-refractivity contribution is -0.120. The van der Waals surface area contributed by atoms with Gasteiger partial charge in [0, 0.05) is 49.9 Å². The molecule has 4 rings (SSSR count). The van der Waals surface area contributed by atoms with E-state index in [1.165, 1.54) is 22.3 Å². The molecule has 2 fully saturated rings. The van der Waals surface area contributed by atoms with Gasteiger partial charge < -0.3 is 5.32 Å². The minimum absolute atomic E-state index is 0.0852. The third-order valence-electron chi connectivity index (χ3n) is 6.28. The van der Waals surface area contributed by atoms with Crippen LogP contribution in [0.1, 0.15) is 47.4 Å². The van der Waals surface area contributed by atoms with E-state index in [2.05, 4.69) is 59.4 Å². The lowest BCUT2D eigenvalue weighted by Gasteiger charge is -2.43. The highest BCUT2D eigenvalue weighted by molar-refractivity contribution is 5.81. The average molecular weight is 349 g/mol. The van der Waals surface area contributed by atoms with Gasteiger partial charge in [-0.3, -0.25) is 14.7 Å². The van der Waals surface area contributed by atoms with Crippen molar-refractivity contribution in [3.8, 4) is 0 Å². The first-order chi connectivity index (χ1) is 12.6. The van der Waals surface area contributed by atoms with E-state index in [1.54, 1.807) is 0 Å². The molecule has 1 aromatic heterocycles. The van der Waals surface area contributed by atoms with Crippen LogP contribution in [0.3, 0.4) is 0 Å². The van der Waals surface area contributed by atoms with Gasteiger partial charge in [-0.15, -0.1) is 0 Å². The number of pyridine rings is 1. The van der Waals surface area contributed by atoms with Gasteiger partial charge in [-0.05, 0) is 61.1 Å². The van der Waals surface area contributed by atoms with Gasteiger partial charge in [0.1, 0.15) is 0 Å². The summed E-state index contributed by atoms with van der Waals surface area (Å²) in [6.45, 7) is 7.37. The van der Waals surface area contributed by atoms with Crippen LogP contribution in [0, 0.1) is 13.8 Å². The molecule has 2 aliphatic rings. The molecule has 2 saturated heterocycles. The van der Waals surface area contributed by atoms with Gasteiger partial charge >= 0.3 is 0 Å². The third-order valence-corrected chi connectivity index (χ3v) is 6.28. The van der Waals surface area contributed by atoms with Gasteiger partial charge in [-0.25, -0.2) is 0 Å². The topological polar surface area (TPSA) is 45.2 Å². The summed E-state index contributed by atoms with van der Waals surface area (Å²) in [4.78, 5) is 18.8. The number of benzene rings is 1. The fraction of sp³-hybridized carbons (Fsp3) is 0.455. The number of hydrogen-bond acceptors (Lipinski definition) is 3. The zero-order valence-electron chi connectivity index (χ0n) is 15.7. The highest BCUT2D eigenvalue weighted by atomic mass is 16.2. The smallest absolute Gasteiger partial charge is 0.221 e. The van der Waals surface area contributed by atoms with Gasteiger partial charge in [0.05, 0.1) is 0 Å². The lowest BCUT2D eigenvalue weighted by atomic mass is 9.74. The Labute approximate surface area is 155 Å². The zero-order valence-corrected chi connectivity index (χ0v) is 15.7. The standard InChI is InChI=1S/C22H27N3O/c1-16-3-4-18(13-17(16)2)15-25-11-7-22(8-12-25)20(14-21(26)24-22)19-5-9-23-10-6-19/h3-6,9-10,13,20H,7-8,11-12,14-15H2,1-2H3,(H,24,26)/t20-/m0/s1. The first kappa shape index (κ1) is 17.2. The number of rotatable bonds is 3. The van der Waals surface area contributed by atoms with Crippen LogP contribution in [-0.2, 0) is 11.3 Å². The summed E-state index contributed by atoms with van der Waals surface area (Å²) in [6.07, 6.45) is 6.29. The van der Waals surface area contributed by atoms with Gasteiger partial charge in [0.2, 0.25) is 5.91 Å². The number of piperidine rings is 1. The maximum absolute atomic E-state index is 12.2. The Morgan fingerprint density at radius 2 is 1.85 bits per heavy atom. The SMILES string of the molecule is Cc1ccc(CN2CCC3(CC2)NC(=O)C[C@H]3c2ccncc2)cc1C. The maximum Gasteiger partial charge on any atom is 0.221 e. The summed E-state index contributed by atoms with van der Waals surface area (Å²) < 4.78 is 0. The molecule has 0 saturated carbocycles. The van der Waals surface area contributed by atoms with Gasteiger partial charge in [0.15, 0.2) is 0 Å². The molecule has 4 heteroatoms. The van der Waals surface area contributed by atoms with E-state index in [4.69, 9.17) is 0 Å². The molecule has 3 heterocycles. The molecule has 1 spiro atoms. The second kappa shape index (κ2) is 6.84. The molecule has 1 atom stereocenters. The molecular weight excluding hydrogens is 322 g/mol. The van der Waals surface area contributed by atoms with Crippen molar-refractivity contribution in [3.05, 3.63) is 65.0 Å². The molecule has 26 heavy (non-hydrogen) atoms. The average Bonchev–Trinajstić information content (AvgIpc) is 2.97. The summed E-state index contributed by atoms with van der Waals surface area (Å²) >= 11 is 0. The molecule has 1 aromatic carbocycles. The second-order valence-electron chi connectivity index (χ2n) is 7.94. The Kier molecular flexibility index (Phi) is 4.53. The summed E-state index contributed by atoms with van der Waals surface area (Å²) in [5.41, 5.74) is 5.24. The highest BCUT2D eigenvalue weighted by Gasteiger charge is 2.48. The normalized spacial score (nSPS) is 22.5. The molecule has 2 aromatic rings. The van der Waals surface area contributed by atoms with E-state index >= 15 is 0 Å². The molecular formula is C22H27N3O. The Hall–Kier alpha value is -2.20. The third kappa shape index (κ3) is 3.26. The van der Waals surface area contributed by atoms with E-state index in [0.717, 1.165) is 32.5 Å². The number of likely N-dealkylation sites (tertiary alicyclic amines) is 1. The molecule has 0 aliphatic carbocycles. The number of aromatic nitrogens is 1. The minimum Gasteiger partial charge on any atom is -0.350 e. The summed E-state index contributed by atoms with van der Waals surface area (Å²) in [5, 5.41) is 3.33. The van der Waals surface area contributed by atoms with Crippen LogP contribution in [0.5, 0.6) is 0 Å². The maximum atomic E-state index is 12.2. The Morgan fingerprint density at radius 3 is 2.54 bits per heavy atom. The van der Waals surface area contributed by atoms with Crippen molar-refractivity contribution in [2.24, 2.45) is 0 Å². The van der Waals surface area contributed by atoms with Gasteiger partial charge in [0.25, 0.3) is 0 Å². The number of carbonyl (C=O) groups excluding carboxylic acids is 1. The molecule has 1 amide bonds. The molecule has 0 bridgehead atoms. The van der Waals surface area contributed by atoms with Crippen molar-refractivity contribution in [1.29, 1.82) is 0 Å². The number of nitrogens with zero attached hydrogens (tertiary/aromatic N) is 2. The fourth-order valence-electron chi connectivity index (χ4n) is 4.57. The van der Waals surface area contributed by atoms with Crippen molar-refractivity contribution >= 4 is 5.91 Å².